The van der Waals surface area contributed by atoms with Crippen molar-refractivity contribution in [3.8, 4) is 16.9 Å². The summed E-state index contributed by atoms with van der Waals surface area (Å²) in [6, 6.07) is 25.3. The highest BCUT2D eigenvalue weighted by atomic mass is 32.2. The van der Waals surface area contributed by atoms with Crippen molar-refractivity contribution in [2.45, 2.75) is 12.8 Å². The third-order valence-electron chi connectivity index (χ3n) is 5.33. The highest BCUT2D eigenvalue weighted by Crippen LogP contribution is 2.33. The highest BCUT2D eigenvalue weighted by Gasteiger charge is 2.31. The number of carbonyl (C=O) groups excluding carboxylic acids is 2. The van der Waals surface area contributed by atoms with E-state index in [1.807, 2.05) is 84.9 Å². The van der Waals surface area contributed by atoms with Gasteiger partial charge in [0.1, 0.15) is 10.1 Å². The summed E-state index contributed by atoms with van der Waals surface area (Å²) in [5.74, 6) is 0.504. The van der Waals surface area contributed by atoms with Crippen molar-refractivity contribution < 1.29 is 14.3 Å². The summed E-state index contributed by atoms with van der Waals surface area (Å²) in [7, 11) is 1.61. The van der Waals surface area contributed by atoms with Crippen molar-refractivity contribution in [1.29, 1.82) is 0 Å². The molecule has 1 N–H and O–H groups in total. The fraction of sp³-hybridized carbons (Fsp3) is 0.148. The Bertz CT molecular complexity index is 1220. The predicted octanol–water partition coefficient (Wildman–Crippen LogP) is 5.98. The van der Waals surface area contributed by atoms with E-state index in [0.29, 0.717) is 28.6 Å². The number of carbonyl (C=O) groups is 2. The van der Waals surface area contributed by atoms with E-state index in [1.54, 1.807) is 12.0 Å². The number of thiocarbonyl (C=S) groups is 1. The molecule has 2 amide bonds. The van der Waals surface area contributed by atoms with Crippen molar-refractivity contribution in [2.75, 3.05) is 19.0 Å². The van der Waals surface area contributed by atoms with Gasteiger partial charge in [-0.2, -0.15) is 0 Å². The second-order valence-corrected chi connectivity index (χ2v) is 9.38. The summed E-state index contributed by atoms with van der Waals surface area (Å²) < 4.78 is 5.75. The minimum absolute atomic E-state index is 0.0928. The molecule has 3 aromatic carbocycles. The van der Waals surface area contributed by atoms with Crippen molar-refractivity contribution in [2.24, 2.45) is 0 Å². The molecule has 1 saturated heterocycles. The van der Waals surface area contributed by atoms with Crippen LogP contribution in [-0.2, 0) is 9.59 Å². The maximum atomic E-state index is 12.8. The molecule has 0 saturated carbocycles. The summed E-state index contributed by atoms with van der Waals surface area (Å²) in [4.78, 5) is 27.3. The van der Waals surface area contributed by atoms with Crippen LogP contribution >= 0.6 is 24.0 Å². The molecule has 7 heteroatoms. The normalized spacial score (nSPS) is 14.5. The van der Waals surface area contributed by atoms with Crippen LogP contribution in [0.3, 0.4) is 0 Å². The van der Waals surface area contributed by atoms with Gasteiger partial charge in [0.05, 0.1) is 12.0 Å². The Kier molecular flexibility index (Phi) is 7.77. The zero-order valence-electron chi connectivity index (χ0n) is 18.7. The van der Waals surface area contributed by atoms with E-state index in [1.165, 1.54) is 11.8 Å². The van der Waals surface area contributed by atoms with E-state index >= 15 is 0 Å². The largest absolute Gasteiger partial charge is 0.497 e. The Hall–Kier alpha value is -3.42. The van der Waals surface area contributed by atoms with Crippen molar-refractivity contribution in [3.05, 3.63) is 89.3 Å². The standard InChI is InChI=1S/C27H24N2O3S2/c1-32-23-10-5-7-19(17-23)18-24-26(31)29(27(33)34-24)16-6-11-25(30)28-22-14-12-21(13-15-22)20-8-3-2-4-9-20/h2-5,7-10,12-15,17-18H,6,11,16H2,1H3,(H,28,30). The van der Waals surface area contributed by atoms with Gasteiger partial charge in [-0.05, 0) is 53.5 Å². The number of benzene rings is 3. The van der Waals surface area contributed by atoms with Crippen LogP contribution in [0.1, 0.15) is 18.4 Å². The number of ether oxygens (including phenoxy) is 1. The Morgan fingerprint density at radius 1 is 1.03 bits per heavy atom. The molecule has 34 heavy (non-hydrogen) atoms. The van der Waals surface area contributed by atoms with E-state index in [4.69, 9.17) is 17.0 Å². The van der Waals surface area contributed by atoms with Crippen LogP contribution in [-0.4, -0.2) is 34.7 Å². The van der Waals surface area contributed by atoms with Crippen molar-refractivity contribution >= 4 is 51.9 Å². The molecule has 1 heterocycles. The molecule has 0 unspecified atom stereocenters. The van der Waals surface area contributed by atoms with Gasteiger partial charge in [-0.15, -0.1) is 0 Å². The van der Waals surface area contributed by atoms with Gasteiger partial charge in [-0.3, -0.25) is 14.5 Å². The molecule has 0 spiro atoms. The molecule has 4 rings (SSSR count). The number of nitrogens with zero attached hydrogens (tertiary/aromatic N) is 1. The zero-order chi connectivity index (χ0) is 23.9. The fourth-order valence-electron chi connectivity index (χ4n) is 3.57. The first kappa shape index (κ1) is 23.7. The van der Waals surface area contributed by atoms with Gasteiger partial charge in [0.15, 0.2) is 0 Å². The molecular weight excluding hydrogens is 464 g/mol. The number of anilines is 1. The van der Waals surface area contributed by atoms with E-state index in [2.05, 4.69) is 5.32 Å². The van der Waals surface area contributed by atoms with Crippen LogP contribution in [0.25, 0.3) is 17.2 Å². The lowest BCUT2D eigenvalue weighted by Crippen LogP contribution is -2.29. The Morgan fingerprint density at radius 2 is 1.76 bits per heavy atom. The van der Waals surface area contributed by atoms with Gasteiger partial charge in [-0.1, -0.05) is 78.6 Å². The molecule has 0 radical (unpaired) electrons. The summed E-state index contributed by atoms with van der Waals surface area (Å²) in [6.45, 7) is 0.403. The first-order valence-electron chi connectivity index (χ1n) is 10.9. The van der Waals surface area contributed by atoms with Crippen LogP contribution in [0.2, 0.25) is 0 Å². The molecule has 0 aromatic heterocycles. The van der Waals surface area contributed by atoms with Gasteiger partial charge in [0, 0.05) is 18.7 Å². The average Bonchev–Trinajstić information content (AvgIpc) is 3.12. The Balaban J connectivity index is 1.28. The Morgan fingerprint density at radius 3 is 2.50 bits per heavy atom. The van der Waals surface area contributed by atoms with Crippen molar-refractivity contribution in [3.63, 3.8) is 0 Å². The summed E-state index contributed by atoms with van der Waals surface area (Å²) in [6.07, 6.45) is 2.63. The first-order chi connectivity index (χ1) is 16.5. The third-order valence-corrected chi connectivity index (χ3v) is 6.70. The highest BCUT2D eigenvalue weighted by molar-refractivity contribution is 8.26. The van der Waals surface area contributed by atoms with Gasteiger partial charge in [-0.25, -0.2) is 0 Å². The molecule has 0 bridgehead atoms. The summed E-state index contributed by atoms with van der Waals surface area (Å²) in [5.41, 5.74) is 3.84. The van der Waals surface area contributed by atoms with Crippen LogP contribution in [0.4, 0.5) is 5.69 Å². The summed E-state index contributed by atoms with van der Waals surface area (Å²) in [5, 5.41) is 2.92. The van der Waals surface area contributed by atoms with Crippen LogP contribution in [0.5, 0.6) is 5.75 Å². The molecule has 1 fully saturated rings. The Labute approximate surface area is 208 Å². The zero-order valence-corrected chi connectivity index (χ0v) is 20.3. The molecule has 0 atom stereocenters. The SMILES string of the molecule is COc1cccc(C=C2SC(=S)N(CCCC(=O)Nc3ccc(-c4ccccc4)cc3)C2=O)c1. The number of hydrogen-bond acceptors (Lipinski definition) is 5. The van der Waals surface area contributed by atoms with E-state index < -0.39 is 0 Å². The number of thioether (sulfide) groups is 1. The third kappa shape index (κ3) is 5.92. The molecule has 0 aliphatic carbocycles. The molecule has 3 aromatic rings. The van der Waals surface area contributed by atoms with Gasteiger partial charge in [0.25, 0.3) is 5.91 Å². The molecule has 1 aliphatic heterocycles. The van der Waals surface area contributed by atoms with Crippen LogP contribution in [0.15, 0.2) is 83.8 Å². The fourth-order valence-corrected chi connectivity index (χ4v) is 4.88. The number of rotatable bonds is 8. The lowest BCUT2D eigenvalue weighted by atomic mass is 10.1. The second-order valence-electron chi connectivity index (χ2n) is 7.71. The maximum absolute atomic E-state index is 12.8. The molecule has 172 valence electrons. The van der Waals surface area contributed by atoms with E-state index in [0.717, 1.165) is 28.1 Å². The molecule has 1 aliphatic rings. The van der Waals surface area contributed by atoms with Gasteiger partial charge in [0.2, 0.25) is 5.91 Å². The number of hydrogen-bond donors (Lipinski definition) is 1. The van der Waals surface area contributed by atoms with E-state index in [9.17, 15) is 9.59 Å². The quantitative estimate of drug-likeness (QED) is 0.312. The topological polar surface area (TPSA) is 58.6 Å². The first-order valence-corrected chi connectivity index (χ1v) is 12.1. The average molecular weight is 489 g/mol. The minimum Gasteiger partial charge on any atom is -0.497 e. The van der Waals surface area contributed by atoms with Crippen LogP contribution < -0.4 is 10.1 Å². The summed E-state index contributed by atoms with van der Waals surface area (Å²) >= 11 is 6.68. The van der Waals surface area contributed by atoms with E-state index in [-0.39, 0.29) is 11.8 Å². The van der Waals surface area contributed by atoms with Crippen LogP contribution in [0, 0.1) is 0 Å². The molecule has 5 nitrogen and oxygen atoms in total. The molecular formula is C27H24N2O3S2. The monoisotopic (exact) mass is 488 g/mol. The number of nitrogens with one attached hydrogen (secondary N) is 1. The maximum Gasteiger partial charge on any atom is 0.266 e. The number of amides is 2. The van der Waals surface area contributed by atoms with Crippen molar-refractivity contribution in [1.82, 2.24) is 4.90 Å². The minimum atomic E-state index is -0.130. The van der Waals surface area contributed by atoms with Gasteiger partial charge >= 0.3 is 0 Å². The number of methoxy groups -OCH3 is 1. The lowest BCUT2D eigenvalue weighted by Gasteiger charge is -2.14. The smallest absolute Gasteiger partial charge is 0.266 e. The second kappa shape index (κ2) is 11.1. The van der Waals surface area contributed by atoms with Gasteiger partial charge < -0.3 is 10.1 Å². The lowest BCUT2D eigenvalue weighted by molar-refractivity contribution is -0.122. The predicted molar refractivity (Wildman–Crippen MR) is 143 cm³/mol.